The summed E-state index contributed by atoms with van der Waals surface area (Å²) in [6.45, 7) is 8.62. The first-order valence-electron chi connectivity index (χ1n) is 8.83. The number of rotatable bonds is 5. The monoisotopic (exact) mass is 335 g/mol. The number of amides is 1. The maximum atomic E-state index is 13.2. The maximum absolute atomic E-state index is 13.2. The van der Waals surface area contributed by atoms with Crippen LogP contribution >= 0.6 is 0 Å². The molecule has 0 fully saturated rings. The van der Waals surface area contributed by atoms with Gasteiger partial charge in [0, 0.05) is 6.04 Å². The van der Waals surface area contributed by atoms with Crippen LogP contribution in [0.2, 0.25) is 0 Å². The highest BCUT2D eigenvalue weighted by molar-refractivity contribution is 5.96. The van der Waals surface area contributed by atoms with Gasteiger partial charge in [-0.1, -0.05) is 37.3 Å². The zero-order valence-electron chi connectivity index (χ0n) is 15.4. The van der Waals surface area contributed by atoms with Crippen molar-refractivity contribution < 1.29 is 4.79 Å². The molecule has 0 aliphatic carbocycles. The van der Waals surface area contributed by atoms with E-state index in [1.807, 2.05) is 33.7 Å². The lowest BCUT2D eigenvalue weighted by Gasteiger charge is -2.30. The van der Waals surface area contributed by atoms with Crippen LogP contribution in [0.5, 0.6) is 0 Å². The number of nitrogens with zero attached hydrogens (tertiary/aromatic N) is 3. The fraction of sp³-hybridized carbons (Fsp3) is 0.333. The van der Waals surface area contributed by atoms with Gasteiger partial charge in [0.15, 0.2) is 0 Å². The third-order valence-corrected chi connectivity index (χ3v) is 4.56. The van der Waals surface area contributed by atoms with E-state index < -0.39 is 0 Å². The Kier molecular flexibility index (Phi) is 4.88. The van der Waals surface area contributed by atoms with E-state index in [0.29, 0.717) is 0 Å². The molecule has 4 nitrogen and oxygen atoms in total. The van der Waals surface area contributed by atoms with Crippen molar-refractivity contribution in [3.63, 3.8) is 0 Å². The lowest BCUT2D eigenvalue weighted by atomic mass is 10.0. The Labute approximate surface area is 149 Å². The molecule has 4 heteroatoms. The standard InChI is InChI=1S/C21H25N3O/c1-5-17-10-8-9-16(4)21(17)24(15(2)3)20(25)13-23-14-22-18-11-6-7-12-19(18)23/h6-12,14-15H,5,13H2,1-4H3. The van der Waals surface area contributed by atoms with Crippen LogP contribution in [0.1, 0.15) is 31.9 Å². The Bertz CT molecular complexity index is 895. The molecule has 0 saturated heterocycles. The SMILES string of the molecule is CCc1cccc(C)c1N(C(=O)Cn1cnc2ccccc21)C(C)C. The van der Waals surface area contributed by atoms with Crippen LogP contribution in [-0.2, 0) is 17.8 Å². The molecule has 0 saturated carbocycles. The molecule has 0 unspecified atom stereocenters. The second-order valence-electron chi connectivity index (χ2n) is 6.65. The molecule has 25 heavy (non-hydrogen) atoms. The molecule has 0 spiro atoms. The van der Waals surface area contributed by atoms with Gasteiger partial charge in [-0.05, 0) is 50.5 Å². The fourth-order valence-corrected chi connectivity index (χ4v) is 3.38. The van der Waals surface area contributed by atoms with Crippen molar-refractivity contribution in [1.82, 2.24) is 9.55 Å². The molecule has 3 aromatic rings. The van der Waals surface area contributed by atoms with E-state index in [-0.39, 0.29) is 18.5 Å². The average Bonchev–Trinajstić information content (AvgIpc) is 2.99. The van der Waals surface area contributed by atoms with Gasteiger partial charge in [-0.2, -0.15) is 0 Å². The van der Waals surface area contributed by atoms with Crippen LogP contribution in [0.25, 0.3) is 11.0 Å². The van der Waals surface area contributed by atoms with Crippen molar-refractivity contribution in [2.45, 2.75) is 46.7 Å². The number of aromatic nitrogens is 2. The number of fused-ring (bicyclic) bond motifs is 1. The summed E-state index contributed by atoms with van der Waals surface area (Å²) in [5, 5.41) is 0. The molecular formula is C21H25N3O. The molecule has 3 rings (SSSR count). The number of anilines is 1. The first-order valence-corrected chi connectivity index (χ1v) is 8.83. The largest absolute Gasteiger partial charge is 0.321 e. The van der Waals surface area contributed by atoms with Gasteiger partial charge in [-0.25, -0.2) is 4.98 Å². The van der Waals surface area contributed by atoms with Crippen molar-refractivity contribution in [2.24, 2.45) is 0 Å². The molecule has 0 aliphatic heterocycles. The Morgan fingerprint density at radius 1 is 1.16 bits per heavy atom. The van der Waals surface area contributed by atoms with Gasteiger partial charge in [0.25, 0.3) is 0 Å². The third kappa shape index (κ3) is 3.29. The average molecular weight is 335 g/mol. The quantitative estimate of drug-likeness (QED) is 0.695. The highest BCUT2D eigenvalue weighted by Gasteiger charge is 2.23. The van der Waals surface area contributed by atoms with Crippen LogP contribution in [-0.4, -0.2) is 21.5 Å². The summed E-state index contributed by atoms with van der Waals surface area (Å²) in [7, 11) is 0. The number of carbonyl (C=O) groups is 1. The van der Waals surface area contributed by atoms with Crippen molar-refractivity contribution in [2.75, 3.05) is 4.90 Å². The highest BCUT2D eigenvalue weighted by Crippen LogP contribution is 2.28. The van der Waals surface area contributed by atoms with E-state index in [1.165, 1.54) is 5.56 Å². The lowest BCUT2D eigenvalue weighted by Crippen LogP contribution is -2.40. The Balaban J connectivity index is 1.98. The molecule has 0 atom stereocenters. The molecule has 2 aromatic carbocycles. The topological polar surface area (TPSA) is 38.1 Å². The summed E-state index contributed by atoms with van der Waals surface area (Å²) in [5.74, 6) is 0.0853. The number of hydrogen-bond acceptors (Lipinski definition) is 2. The predicted molar refractivity (Wildman–Crippen MR) is 103 cm³/mol. The molecular weight excluding hydrogens is 310 g/mol. The summed E-state index contributed by atoms with van der Waals surface area (Å²) in [6.07, 6.45) is 2.65. The van der Waals surface area contributed by atoms with Crippen LogP contribution in [0.15, 0.2) is 48.8 Å². The first kappa shape index (κ1) is 17.2. The van der Waals surface area contributed by atoms with E-state index in [0.717, 1.165) is 28.7 Å². The summed E-state index contributed by atoms with van der Waals surface area (Å²) in [5.41, 5.74) is 5.29. The van der Waals surface area contributed by atoms with Gasteiger partial charge < -0.3 is 9.47 Å². The van der Waals surface area contributed by atoms with Crippen LogP contribution in [0, 0.1) is 6.92 Å². The minimum absolute atomic E-state index is 0.0853. The lowest BCUT2D eigenvalue weighted by molar-refractivity contribution is -0.119. The van der Waals surface area contributed by atoms with Gasteiger partial charge in [0.05, 0.1) is 23.0 Å². The number of hydrogen-bond donors (Lipinski definition) is 0. The summed E-state index contributed by atoms with van der Waals surface area (Å²) < 4.78 is 1.93. The molecule has 0 radical (unpaired) electrons. The summed E-state index contributed by atoms with van der Waals surface area (Å²) in [6, 6.07) is 14.2. The Morgan fingerprint density at radius 2 is 1.92 bits per heavy atom. The van der Waals surface area contributed by atoms with Gasteiger partial charge in [0.2, 0.25) is 5.91 Å². The highest BCUT2D eigenvalue weighted by atomic mass is 16.2. The smallest absolute Gasteiger partial charge is 0.247 e. The second kappa shape index (κ2) is 7.09. The van der Waals surface area contributed by atoms with Gasteiger partial charge in [-0.3, -0.25) is 4.79 Å². The van der Waals surface area contributed by atoms with Crippen molar-refractivity contribution in [1.29, 1.82) is 0 Å². The van der Waals surface area contributed by atoms with Crippen LogP contribution in [0.3, 0.4) is 0 Å². The Hall–Kier alpha value is -2.62. The number of aryl methyl sites for hydroxylation is 2. The number of para-hydroxylation sites is 3. The fourth-order valence-electron chi connectivity index (χ4n) is 3.38. The van der Waals surface area contributed by atoms with E-state index in [2.05, 4.69) is 50.9 Å². The molecule has 1 heterocycles. The third-order valence-electron chi connectivity index (χ3n) is 4.56. The minimum atomic E-state index is 0.0853. The predicted octanol–water partition coefficient (Wildman–Crippen LogP) is 4.35. The number of carbonyl (C=O) groups excluding carboxylic acids is 1. The molecule has 1 aromatic heterocycles. The van der Waals surface area contributed by atoms with E-state index in [9.17, 15) is 4.79 Å². The van der Waals surface area contributed by atoms with E-state index >= 15 is 0 Å². The minimum Gasteiger partial charge on any atom is -0.321 e. The first-order chi connectivity index (χ1) is 12.0. The summed E-state index contributed by atoms with van der Waals surface area (Å²) >= 11 is 0. The van der Waals surface area contributed by atoms with Crippen molar-refractivity contribution >= 4 is 22.6 Å². The maximum Gasteiger partial charge on any atom is 0.247 e. The molecule has 0 N–H and O–H groups in total. The molecule has 0 aliphatic rings. The van der Waals surface area contributed by atoms with E-state index in [4.69, 9.17) is 0 Å². The molecule has 130 valence electrons. The Morgan fingerprint density at radius 3 is 2.64 bits per heavy atom. The van der Waals surface area contributed by atoms with Crippen LogP contribution in [0.4, 0.5) is 5.69 Å². The summed E-state index contributed by atoms with van der Waals surface area (Å²) in [4.78, 5) is 19.5. The number of imidazole rings is 1. The van der Waals surface area contributed by atoms with Gasteiger partial charge >= 0.3 is 0 Å². The van der Waals surface area contributed by atoms with Crippen molar-refractivity contribution in [3.8, 4) is 0 Å². The zero-order valence-corrected chi connectivity index (χ0v) is 15.4. The normalized spacial score (nSPS) is 11.2. The second-order valence-corrected chi connectivity index (χ2v) is 6.65. The van der Waals surface area contributed by atoms with Crippen molar-refractivity contribution in [3.05, 3.63) is 59.9 Å². The van der Waals surface area contributed by atoms with Crippen LogP contribution < -0.4 is 4.90 Å². The van der Waals surface area contributed by atoms with E-state index in [1.54, 1.807) is 6.33 Å². The number of benzene rings is 2. The molecule has 0 bridgehead atoms. The van der Waals surface area contributed by atoms with Gasteiger partial charge in [-0.15, -0.1) is 0 Å². The van der Waals surface area contributed by atoms with Gasteiger partial charge in [0.1, 0.15) is 6.54 Å². The molecule has 1 amide bonds. The zero-order chi connectivity index (χ0) is 18.0.